The van der Waals surface area contributed by atoms with Gasteiger partial charge in [0.1, 0.15) is 19.8 Å². The van der Waals surface area contributed by atoms with Crippen LogP contribution in [-0.4, -0.2) is 74.9 Å². The summed E-state index contributed by atoms with van der Waals surface area (Å²) in [7, 11) is 1.46. The van der Waals surface area contributed by atoms with E-state index in [0.717, 1.165) is 96.3 Å². The van der Waals surface area contributed by atoms with Crippen LogP contribution >= 0.6 is 7.82 Å². The number of hydrogen-bond donors (Lipinski definition) is 1. The Kier molecular flexibility index (Phi) is 58.2. The maximum absolute atomic E-state index is 12.8. The average Bonchev–Trinajstić information content (AvgIpc) is 3.42. The van der Waals surface area contributed by atoms with Gasteiger partial charge in [-0.05, 0) is 77.0 Å². The number of allylic oxidation sites excluding steroid dienone is 16. The topological polar surface area (TPSA) is 108 Å². The third-order valence-corrected chi connectivity index (χ3v) is 15.1. The highest BCUT2D eigenvalue weighted by molar-refractivity contribution is 7.47. The Bertz CT molecular complexity index is 1670. The highest BCUT2D eigenvalue weighted by Crippen LogP contribution is 2.43. The molecule has 0 radical (unpaired) electrons. The zero-order chi connectivity index (χ0) is 58.4. The maximum atomic E-state index is 12.8. The molecule has 0 spiro atoms. The predicted octanol–water partition coefficient (Wildman–Crippen LogP) is 21.2. The number of carbonyl (C=O) groups excluding carboxylic acids is 2. The first kappa shape index (κ1) is 76.9. The molecule has 462 valence electrons. The van der Waals surface area contributed by atoms with Gasteiger partial charge in [-0.2, -0.15) is 0 Å². The van der Waals surface area contributed by atoms with Crippen LogP contribution in [0.4, 0.5) is 0 Å². The molecule has 0 saturated carbocycles. The van der Waals surface area contributed by atoms with Gasteiger partial charge in [-0.1, -0.05) is 291 Å². The van der Waals surface area contributed by atoms with E-state index < -0.39 is 26.5 Å². The highest BCUT2D eigenvalue weighted by Gasteiger charge is 2.27. The lowest BCUT2D eigenvalue weighted by molar-refractivity contribution is -0.870. The van der Waals surface area contributed by atoms with Gasteiger partial charge >= 0.3 is 19.8 Å². The molecule has 0 aliphatic rings. The number of unbranched alkanes of at least 4 members (excludes halogenated alkanes) is 30. The van der Waals surface area contributed by atoms with E-state index in [0.29, 0.717) is 17.4 Å². The summed E-state index contributed by atoms with van der Waals surface area (Å²) in [4.78, 5) is 35.8. The number of hydrogen-bond acceptors (Lipinski definition) is 7. The molecule has 0 fully saturated rings. The van der Waals surface area contributed by atoms with E-state index in [2.05, 4.69) is 111 Å². The Morgan fingerprint density at radius 3 is 1.06 bits per heavy atom. The zero-order valence-electron chi connectivity index (χ0n) is 52.5. The lowest BCUT2D eigenvalue weighted by Gasteiger charge is -2.24. The second-order valence-electron chi connectivity index (χ2n) is 23.1. The molecule has 0 saturated heterocycles. The first-order valence-corrected chi connectivity index (χ1v) is 34.5. The molecule has 10 heteroatoms. The van der Waals surface area contributed by atoms with Crippen LogP contribution in [0.5, 0.6) is 0 Å². The lowest BCUT2D eigenvalue weighted by Crippen LogP contribution is -2.37. The minimum Gasteiger partial charge on any atom is -0.462 e. The Morgan fingerprint density at radius 1 is 0.400 bits per heavy atom. The summed E-state index contributed by atoms with van der Waals surface area (Å²) in [5.74, 6) is -0.822. The van der Waals surface area contributed by atoms with Gasteiger partial charge in [0, 0.05) is 12.8 Å². The van der Waals surface area contributed by atoms with E-state index in [9.17, 15) is 19.0 Å². The predicted molar refractivity (Wildman–Crippen MR) is 344 cm³/mol. The second kappa shape index (κ2) is 60.5. The number of phosphoric ester groups is 1. The molecule has 1 N–H and O–H groups in total. The van der Waals surface area contributed by atoms with Crippen LogP contribution in [-0.2, 0) is 32.7 Å². The van der Waals surface area contributed by atoms with Crippen molar-refractivity contribution in [3.63, 3.8) is 0 Å². The van der Waals surface area contributed by atoms with Gasteiger partial charge in [0.15, 0.2) is 6.10 Å². The number of phosphoric acid groups is 1. The first-order chi connectivity index (χ1) is 39.0. The van der Waals surface area contributed by atoms with Crippen molar-refractivity contribution in [3.8, 4) is 0 Å². The lowest BCUT2D eigenvalue weighted by atomic mass is 10.0. The maximum Gasteiger partial charge on any atom is 0.472 e. The van der Waals surface area contributed by atoms with Gasteiger partial charge in [-0.25, -0.2) is 4.57 Å². The van der Waals surface area contributed by atoms with Crippen molar-refractivity contribution >= 4 is 19.8 Å². The summed E-state index contributed by atoms with van der Waals surface area (Å²) in [6.45, 7) is 4.32. The summed E-state index contributed by atoms with van der Waals surface area (Å²) in [6, 6.07) is 0. The molecular weight excluding hydrogens is 1010 g/mol. The highest BCUT2D eigenvalue weighted by atomic mass is 31.2. The fourth-order valence-corrected chi connectivity index (χ4v) is 9.83. The summed E-state index contributed by atoms with van der Waals surface area (Å²) in [6.07, 6.45) is 83.6. The molecule has 2 unspecified atom stereocenters. The van der Waals surface area contributed by atoms with E-state index >= 15 is 0 Å². The van der Waals surface area contributed by atoms with Crippen molar-refractivity contribution < 1.29 is 42.1 Å². The third kappa shape index (κ3) is 64.1. The molecular formula is C70H125NO8P+. The third-order valence-electron chi connectivity index (χ3n) is 14.1. The van der Waals surface area contributed by atoms with Gasteiger partial charge in [-0.3, -0.25) is 18.6 Å². The first-order valence-electron chi connectivity index (χ1n) is 33.0. The van der Waals surface area contributed by atoms with Crippen LogP contribution in [0.25, 0.3) is 0 Å². The molecule has 2 atom stereocenters. The molecule has 0 bridgehead atoms. The molecule has 9 nitrogen and oxygen atoms in total. The number of quaternary nitrogens is 1. The number of likely N-dealkylation sites (N-methyl/N-ethyl adjacent to an activating group) is 1. The normalized spacial score (nSPS) is 13.8. The molecule has 0 rings (SSSR count). The van der Waals surface area contributed by atoms with Crippen molar-refractivity contribution in [1.82, 2.24) is 0 Å². The van der Waals surface area contributed by atoms with E-state index in [4.69, 9.17) is 18.5 Å². The van der Waals surface area contributed by atoms with Crippen molar-refractivity contribution in [2.45, 2.75) is 290 Å². The number of nitrogens with zero attached hydrogens (tertiary/aromatic N) is 1. The fraction of sp³-hybridized carbons (Fsp3) is 0.743. The molecule has 0 aliphatic heterocycles. The van der Waals surface area contributed by atoms with E-state index in [1.807, 2.05) is 21.1 Å². The standard InChI is InChI=1S/C70H124NO8P/c1-6-8-10-12-14-16-18-20-22-24-26-28-30-32-34-35-37-39-41-43-45-47-49-51-53-55-57-59-61-63-70(73)79-68(67-78-80(74,75)77-65-64-71(3,4)5)66-76-69(72)62-60-58-56-54-52-50-48-46-44-42-40-38-36-33-31-29-27-25-23-21-19-17-15-13-11-9-7-2/h8,10,14,16,20,22,26,28,32,34,37,39,43,45,49,51,68H,6-7,9,11-13,15,17-19,21,23-25,27,29-31,33,35-36,38,40-42,44,46-48,50,52-67H2,1-5H3/p+1/b10-8-,16-14-,22-20-,28-26-,34-32-,39-37-,45-43-,51-49-. The van der Waals surface area contributed by atoms with Crippen LogP contribution in [0.15, 0.2) is 97.2 Å². The van der Waals surface area contributed by atoms with Crippen molar-refractivity contribution in [2.75, 3.05) is 47.5 Å². The average molecular weight is 1140 g/mol. The van der Waals surface area contributed by atoms with Crippen LogP contribution in [0.3, 0.4) is 0 Å². The Balaban J connectivity index is 4.16. The van der Waals surface area contributed by atoms with Crippen LogP contribution in [0.1, 0.15) is 284 Å². The molecule has 0 amide bonds. The van der Waals surface area contributed by atoms with Crippen LogP contribution in [0.2, 0.25) is 0 Å². The fourth-order valence-electron chi connectivity index (χ4n) is 9.09. The zero-order valence-corrected chi connectivity index (χ0v) is 53.4. The Morgan fingerprint density at radius 2 is 0.713 bits per heavy atom. The monoisotopic (exact) mass is 1140 g/mol. The molecule has 0 heterocycles. The van der Waals surface area contributed by atoms with Crippen LogP contribution in [0, 0.1) is 0 Å². The molecule has 0 aliphatic carbocycles. The molecule has 80 heavy (non-hydrogen) atoms. The minimum atomic E-state index is -4.40. The number of carbonyl (C=O) groups is 2. The smallest absolute Gasteiger partial charge is 0.462 e. The van der Waals surface area contributed by atoms with Gasteiger partial charge in [0.2, 0.25) is 0 Å². The molecule has 0 aromatic rings. The summed E-state index contributed by atoms with van der Waals surface area (Å²) >= 11 is 0. The van der Waals surface area contributed by atoms with Crippen molar-refractivity contribution in [2.24, 2.45) is 0 Å². The van der Waals surface area contributed by atoms with Crippen molar-refractivity contribution in [3.05, 3.63) is 97.2 Å². The Hall–Kier alpha value is -3.07. The van der Waals surface area contributed by atoms with Crippen molar-refractivity contribution in [1.29, 1.82) is 0 Å². The molecule has 0 aromatic carbocycles. The Labute approximate surface area is 493 Å². The largest absolute Gasteiger partial charge is 0.472 e. The van der Waals surface area contributed by atoms with Gasteiger partial charge < -0.3 is 18.9 Å². The van der Waals surface area contributed by atoms with E-state index in [1.54, 1.807) is 0 Å². The van der Waals surface area contributed by atoms with Gasteiger partial charge in [0.05, 0.1) is 27.7 Å². The van der Waals surface area contributed by atoms with Crippen LogP contribution < -0.4 is 0 Å². The summed E-state index contributed by atoms with van der Waals surface area (Å²) in [5, 5.41) is 0. The number of ether oxygens (including phenoxy) is 2. The quantitative estimate of drug-likeness (QED) is 0.0211. The van der Waals surface area contributed by atoms with Gasteiger partial charge in [0.25, 0.3) is 0 Å². The number of rotatable bonds is 60. The van der Waals surface area contributed by atoms with Gasteiger partial charge in [-0.15, -0.1) is 0 Å². The SMILES string of the molecule is CC/C=C\C/C=C\C/C=C\C/C=C\C/C=C\C/C=C\C/C=C\C/C=C\CCCCCCC(=O)OC(COC(=O)CCCCCCCCCCCCCCCCCCCCCCCCCCCCC)COP(=O)(O)OCC[N+](C)(C)C. The number of esters is 2. The summed E-state index contributed by atoms with van der Waals surface area (Å²) in [5.41, 5.74) is 0. The van der Waals surface area contributed by atoms with E-state index in [1.165, 1.54) is 154 Å². The van der Waals surface area contributed by atoms with E-state index in [-0.39, 0.29) is 32.0 Å². The minimum absolute atomic E-state index is 0.0228. The second-order valence-corrected chi connectivity index (χ2v) is 24.6. The molecule has 0 aromatic heterocycles. The summed E-state index contributed by atoms with van der Waals surface area (Å²) < 4.78 is 34.6.